The van der Waals surface area contributed by atoms with Crippen LogP contribution in [0.1, 0.15) is 51.1 Å². The van der Waals surface area contributed by atoms with Gasteiger partial charge < -0.3 is 10.1 Å². The summed E-state index contributed by atoms with van der Waals surface area (Å²) in [5.41, 5.74) is 1.87. The fraction of sp³-hybridized carbons (Fsp3) is 0.625. The maximum Gasteiger partial charge on any atom is 0.119 e. The maximum atomic E-state index is 5.80. The van der Waals surface area contributed by atoms with Gasteiger partial charge in [0.1, 0.15) is 5.75 Å². The molecule has 0 radical (unpaired) electrons. The first-order valence-electron chi connectivity index (χ1n) is 7.21. The molecule has 3 rings (SSSR count). The Bertz CT molecular complexity index is 404. The normalized spacial score (nSPS) is 22.6. The van der Waals surface area contributed by atoms with Crippen molar-refractivity contribution in [2.75, 3.05) is 6.54 Å². The van der Waals surface area contributed by atoms with E-state index in [1.165, 1.54) is 31.2 Å². The molecule has 2 saturated carbocycles. The van der Waals surface area contributed by atoms with E-state index in [9.17, 15) is 0 Å². The molecule has 0 heterocycles. The van der Waals surface area contributed by atoms with Crippen LogP contribution < -0.4 is 10.1 Å². The van der Waals surface area contributed by atoms with E-state index >= 15 is 0 Å². The van der Waals surface area contributed by atoms with Crippen LogP contribution in [-0.2, 0) is 0 Å². The van der Waals surface area contributed by atoms with Crippen LogP contribution in [0, 0.1) is 5.41 Å². The molecule has 1 atom stereocenters. The second-order valence-corrected chi connectivity index (χ2v) is 6.03. The Morgan fingerprint density at radius 3 is 2.44 bits per heavy atom. The zero-order valence-corrected chi connectivity index (χ0v) is 11.4. The fourth-order valence-electron chi connectivity index (χ4n) is 2.57. The van der Waals surface area contributed by atoms with Crippen molar-refractivity contribution in [2.24, 2.45) is 5.41 Å². The molecule has 98 valence electrons. The molecule has 2 aliphatic rings. The predicted octanol–water partition coefficient (Wildman–Crippen LogP) is 3.68. The summed E-state index contributed by atoms with van der Waals surface area (Å²) < 4.78 is 5.80. The molecule has 2 aliphatic carbocycles. The Labute approximate surface area is 110 Å². The lowest BCUT2D eigenvalue weighted by Gasteiger charge is -2.25. The van der Waals surface area contributed by atoms with Crippen molar-refractivity contribution >= 4 is 0 Å². The highest BCUT2D eigenvalue weighted by atomic mass is 16.5. The Balaban J connectivity index is 1.72. The first kappa shape index (κ1) is 12.0. The third-order valence-electron chi connectivity index (χ3n) is 4.18. The van der Waals surface area contributed by atoms with Gasteiger partial charge in [-0.25, -0.2) is 0 Å². The summed E-state index contributed by atoms with van der Waals surface area (Å²) in [7, 11) is 0. The molecule has 0 amide bonds. The van der Waals surface area contributed by atoms with Crippen LogP contribution in [0.5, 0.6) is 5.75 Å². The van der Waals surface area contributed by atoms with E-state index in [2.05, 4.69) is 43.4 Å². The van der Waals surface area contributed by atoms with Crippen molar-refractivity contribution in [3.05, 3.63) is 29.8 Å². The van der Waals surface area contributed by atoms with Gasteiger partial charge in [0.05, 0.1) is 6.10 Å². The van der Waals surface area contributed by atoms with Crippen molar-refractivity contribution in [1.29, 1.82) is 0 Å². The smallest absolute Gasteiger partial charge is 0.119 e. The Morgan fingerprint density at radius 2 is 1.94 bits per heavy atom. The summed E-state index contributed by atoms with van der Waals surface area (Å²) in [6.07, 6.45) is 5.61. The number of rotatable bonds is 6. The third kappa shape index (κ3) is 2.54. The van der Waals surface area contributed by atoms with Gasteiger partial charge in [-0.2, -0.15) is 0 Å². The minimum absolute atomic E-state index is 0.467. The molecule has 0 saturated heterocycles. The average molecular weight is 245 g/mol. The standard InChI is InChI=1S/C16H23NO/c1-3-17-15(16(2)10-11-16)12-4-6-13(7-5-12)18-14-8-9-14/h4-7,14-15,17H,3,8-11H2,1-2H3. The lowest BCUT2D eigenvalue weighted by molar-refractivity contribution is 0.302. The molecule has 0 bridgehead atoms. The van der Waals surface area contributed by atoms with Crippen molar-refractivity contribution in [2.45, 2.75) is 51.7 Å². The molecular weight excluding hydrogens is 222 g/mol. The molecular formula is C16H23NO. The molecule has 2 nitrogen and oxygen atoms in total. The van der Waals surface area contributed by atoms with Gasteiger partial charge in [0.25, 0.3) is 0 Å². The summed E-state index contributed by atoms with van der Waals surface area (Å²) in [6, 6.07) is 9.22. The first-order chi connectivity index (χ1) is 8.71. The molecule has 2 heteroatoms. The van der Waals surface area contributed by atoms with Crippen LogP contribution in [0.15, 0.2) is 24.3 Å². The van der Waals surface area contributed by atoms with Crippen LogP contribution in [0.3, 0.4) is 0 Å². The van der Waals surface area contributed by atoms with Crippen LogP contribution in [-0.4, -0.2) is 12.6 Å². The first-order valence-corrected chi connectivity index (χ1v) is 7.21. The predicted molar refractivity (Wildman–Crippen MR) is 73.9 cm³/mol. The van der Waals surface area contributed by atoms with Crippen molar-refractivity contribution in [1.82, 2.24) is 5.32 Å². The molecule has 1 unspecified atom stereocenters. The molecule has 2 fully saturated rings. The number of benzene rings is 1. The van der Waals surface area contributed by atoms with Crippen LogP contribution in [0.4, 0.5) is 0 Å². The van der Waals surface area contributed by atoms with Gasteiger partial charge in [-0.05, 0) is 55.3 Å². The Morgan fingerprint density at radius 1 is 1.28 bits per heavy atom. The molecule has 1 N–H and O–H groups in total. The minimum atomic E-state index is 0.467. The zero-order chi connectivity index (χ0) is 12.6. The summed E-state index contributed by atoms with van der Waals surface area (Å²) >= 11 is 0. The van der Waals surface area contributed by atoms with Gasteiger partial charge in [-0.3, -0.25) is 0 Å². The van der Waals surface area contributed by atoms with Gasteiger partial charge in [-0.1, -0.05) is 26.0 Å². The topological polar surface area (TPSA) is 21.3 Å². The quantitative estimate of drug-likeness (QED) is 0.825. The monoisotopic (exact) mass is 245 g/mol. The van der Waals surface area contributed by atoms with E-state index in [1.807, 2.05) is 0 Å². The summed E-state index contributed by atoms with van der Waals surface area (Å²) in [5.74, 6) is 1.03. The van der Waals surface area contributed by atoms with E-state index in [-0.39, 0.29) is 0 Å². The average Bonchev–Trinajstić information content (AvgIpc) is 3.27. The molecule has 0 aliphatic heterocycles. The Hall–Kier alpha value is -1.02. The maximum absolute atomic E-state index is 5.80. The van der Waals surface area contributed by atoms with Gasteiger partial charge in [0.15, 0.2) is 0 Å². The number of hydrogen-bond acceptors (Lipinski definition) is 2. The molecule has 1 aromatic rings. The van der Waals surface area contributed by atoms with Crippen LogP contribution >= 0.6 is 0 Å². The zero-order valence-electron chi connectivity index (χ0n) is 11.4. The van der Waals surface area contributed by atoms with E-state index < -0.39 is 0 Å². The number of ether oxygens (including phenoxy) is 1. The summed E-state index contributed by atoms with van der Waals surface area (Å²) in [4.78, 5) is 0. The largest absolute Gasteiger partial charge is 0.490 e. The second-order valence-electron chi connectivity index (χ2n) is 6.03. The molecule has 18 heavy (non-hydrogen) atoms. The van der Waals surface area contributed by atoms with E-state index in [0.717, 1.165) is 12.3 Å². The molecule has 0 aromatic heterocycles. The van der Waals surface area contributed by atoms with Crippen molar-refractivity contribution in [3.8, 4) is 5.75 Å². The highest BCUT2D eigenvalue weighted by Gasteiger charge is 2.45. The van der Waals surface area contributed by atoms with Crippen molar-refractivity contribution < 1.29 is 4.74 Å². The Kier molecular flexibility index (Phi) is 3.06. The van der Waals surface area contributed by atoms with E-state index in [1.54, 1.807) is 0 Å². The lowest BCUT2D eigenvalue weighted by atomic mass is 9.91. The van der Waals surface area contributed by atoms with Gasteiger partial charge in [-0.15, -0.1) is 0 Å². The molecule has 1 aromatic carbocycles. The minimum Gasteiger partial charge on any atom is -0.490 e. The highest BCUT2D eigenvalue weighted by molar-refractivity contribution is 5.31. The van der Waals surface area contributed by atoms with E-state index in [0.29, 0.717) is 17.6 Å². The fourth-order valence-corrected chi connectivity index (χ4v) is 2.57. The summed E-state index contributed by atoms with van der Waals surface area (Å²) in [5, 5.41) is 3.63. The SMILES string of the molecule is CCNC(c1ccc(OC2CC2)cc1)C1(C)CC1. The molecule has 0 spiro atoms. The third-order valence-corrected chi connectivity index (χ3v) is 4.18. The highest BCUT2D eigenvalue weighted by Crippen LogP contribution is 2.54. The summed E-state index contributed by atoms with van der Waals surface area (Å²) in [6.45, 7) is 5.60. The van der Waals surface area contributed by atoms with Gasteiger partial charge >= 0.3 is 0 Å². The van der Waals surface area contributed by atoms with Crippen LogP contribution in [0.2, 0.25) is 0 Å². The second kappa shape index (κ2) is 4.58. The van der Waals surface area contributed by atoms with E-state index in [4.69, 9.17) is 4.74 Å². The number of nitrogens with one attached hydrogen (secondary N) is 1. The van der Waals surface area contributed by atoms with Gasteiger partial charge in [0, 0.05) is 6.04 Å². The van der Waals surface area contributed by atoms with Gasteiger partial charge in [0.2, 0.25) is 0 Å². The van der Waals surface area contributed by atoms with Crippen molar-refractivity contribution in [3.63, 3.8) is 0 Å². The lowest BCUT2D eigenvalue weighted by Crippen LogP contribution is -2.27. The number of hydrogen-bond donors (Lipinski definition) is 1. The van der Waals surface area contributed by atoms with Crippen LogP contribution in [0.25, 0.3) is 0 Å².